The summed E-state index contributed by atoms with van der Waals surface area (Å²) in [5.41, 5.74) is 8.01. The molecule has 3 aromatic rings. The van der Waals surface area contributed by atoms with Crippen LogP contribution in [0, 0.1) is 0 Å². The van der Waals surface area contributed by atoms with Gasteiger partial charge in [0.05, 0.1) is 12.7 Å². The zero-order valence-corrected chi connectivity index (χ0v) is 14.0. The van der Waals surface area contributed by atoms with Crippen molar-refractivity contribution < 1.29 is 14.9 Å². The molecule has 25 heavy (non-hydrogen) atoms. The van der Waals surface area contributed by atoms with Crippen LogP contribution in [0.15, 0.2) is 23.2 Å². The Hall–Kier alpha value is -2.33. The summed E-state index contributed by atoms with van der Waals surface area (Å²) in [6, 6.07) is 2.00. The first kappa shape index (κ1) is 16.2. The van der Waals surface area contributed by atoms with Crippen molar-refractivity contribution in [1.29, 1.82) is 0 Å². The highest BCUT2D eigenvalue weighted by atomic mass is 32.1. The number of imidazole rings is 1. The fraction of sp³-hybridized carbons (Fsp3) is 0.312. The predicted molar refractivity (Wildman–Crippen MR) is 94.6 cm³/mol. The second-order valence-electron chi connectivity index (χ2n) is 5.78. The quantitative estimate of drug-likeness (QED) is 0.642. The molecule has 1 saturated heterocycles. The second-order valence-corrected chi connectivity index (χ2v) is 6.56. The number of anilines is 1. The van der Waals surface area contributed by atoms with Gasteiger partial charge in [-0.05, 0) is 28.5 Å². The van der Waals surface area contributed by atoms with Crippen molar-refractivity contribution in [2.45, 2.75) is 24.9 Å². The van der Waals surface area contributed by atoms with Gasteiger partial charge in [-0.15, -0.1) is 0 Å². The lowest BCUT2D eigenvalue weighted by Gasteiger charge is -2.15. The summed E-state index contributed by atoms with van der Waals surface area (Å²) in [4.78, 5) is 12.8. The SMILES string of the molecule is Nc1ncnc2c1nc(/C=C/c1ccsc1)n2C1CC(O)C(CO)O1. The Morgan fingerprint density at radius 3 is 3.00 bits per heavy atom. The highest BCUT2D eigenvalue weighted by molar-refractivity contribution is 7.08. The number of ether oxygens (including phenoxy) is 1. The Balaban J connectivity index is 1.80. The minimum absolute atomic E-state index is 0.249. The number of aliphatic hydroxyl groups is 2. The molecule has 130 valence electrons. The Kier molecular flexibility index (Phi) is 4.22. The average molecular weight is 359 g/mol. The molecule has 3 atom stereocenters. The summed E-state index contributed by atoms with van der Waals surface area (Å²) in [5, 5.41) is 23.4. The Morgan fingerprint density at radius 1 is 1.40 bits per heavy atom. The topological polar surface area (TPSA) is 119 Å². The molecular formula is C16H17N5O3S. The number of aromatic nitrogens is 4. The Bertz CT molecular complexity index is 908. The molecule has 1 aliphatic rings. The number of hydrogen-bond donors (Lipinski definition) is 3. The van der Waals surface area contributed by atoms with Crippen molar-refractivity contribution in [2.24, 2.45) is 0 Å². The van der Waals surface area contributed by atoms with Gasteiger partial charge in [0.2, 0.25) is 0 Å². The molecular weight excluding hydrogens is 342 g/mol. The van der Waals surface area contributed by atoms with Gasteiger partial charge in [0.1, 0.15) is 24.5 Å². The van der Waals surface area contributed by atoms with Gasteiger partial charge >= 0.3 is 0 Å². The van der Waals surface area contributed by atoms with Gasteiger partial charge in [-0.25, -0.2) is 15.0 Å². The summed E-state index contributed by atoms with van der Waals surface area (Å²) in [5.74, 6) is 0.885. The van der Waals surface area contributed by atoms with Crippen molar-refractivity contribution in [3.63, 3.8) is 0 Å². The highest BCUT2D eigenvalue weighted by Gasteiger charge is 2.36. The zero-order chi connectivity index (χ0) is 17.4. The van der Waals surface area contributed by atoms with Crippen LogP contribution in [0.5, 0.6) is 0 Å². The molecule has 8 nitrogen and oxygen atoms in total. The van der Waals surface area contributed by atoms with E-state index in [-0.39, 0.29) is 12.4 Å². The maximum absolute atomic E-state index is 10.1. The van der Waals surface area contributed by atoms with E-state index in [4.69, 9.17) is 10.5 Å². The van der Waals surface area contributed by atoms with E-state index < -0.39 is 18.4 Å². The number of aliphatic hydroxyl groups excluding tert-OH is 2. The normalized spacial score (nSPS) is 23.8. The third kappa shape index (κ3) is 2.91. The molecule has 3 unspecified atom stereocenters. The summed E-state index contributed by atoms with van der Waals surface area (Å²) in [6.45, 7) is -0.249. The Morgan fingerprint density at radius 2 is 2.28 bits per heavy atom. The van der Waals surface area contributed by atoms with Gasteiger partial charge in [-0.3, -0.25) is 4.57 Å². The van der Waals surface area contributed by atoms with Crippen LogP contribution in [0.3, 0.4) is 0 Å². The van der Waals surface area contributed by atoms with Crippen LogP contribution in [-0.2, 0) is 4.74 Å². The summed E-state index contributed by atoms with van der Waals surface area (Å²) < 4.78 is 7.57. The van der Waals surface area contributed by atoms with E-state index in [0.717, 1.165) is 5.56 Å². The summed E-state index contributed by atoms with van der Waals surface area (Å²) in [7, 11) is 0. The maximum Gasteiger partial charge on any atom is 0.168 e. The maximum atomic E-state index is 10.1. The smallest absolute Gasteiger partial charge is 0.168 e. The monoisotopic (exact) mass is 359 g/mol. The van der Waals surface area contributed by atoms with Gasteiger partial charge in [0, 0.05) is 6.42 Å². The zero-order valence-electron chi connectivity index (χ0n) is 13.2. The molecule has 1 aliphatic heterocycles. The van der Waals surface area contributed by atoms with Crippen molar-refractivity contribution in [3.05, 3.63) is 34.5 Å². The minimum Gasteiger partial charge on any atom is -0.394 e. The first-order valence-electron chi connectivity index (χ1n) is 7.80. The van der Waals surface area contributed by atoms with E-state index in [9.17, 15) is 10.2 Å². The van der Waals surface area contributed by atoms with Crippen molar-refractivity contribution in [1.82, 2.24) is 19.5 Å². The van der Waals surface area contributed by atoms with Crippen LogP contribution in [0.1, 0.15) is 24.0 Å². The van der Waals surface area contributed by atoms with E-state index in [2.05, 4.69) is 15.0 Å². The molecule has 0 aromatic carbocycles. The second kappa shape index (κ2) is 6.52. The van der Waals surface area contributed by atoms with Crippen LogP contribution in [0.25, 0.3) is 23.3 Å². The number of nitrogens with two attached hydrogens (primary N) is 1. The number of fused-ring (bicyclic) bond motifs is 1. The highest BCUT2D eigenvalue weighted by Crippen LogP contribution is 2.33. The van der Waals surface area contributed by atoms with Gasteiger partial charge in [0.25, 0.3) is 0 Å². The van der Waals surface area contributed by atoms with Gasteiger partial charge in [-0.2, -0.15) is 11.3 Å². The average Bonchev–Trinajstić information content (AvgIpc) is 3.31. The van der Waals surface area contributed by atoms with Crippen molar-refractivity contribution >= 4 is 40.5 Å². The predicted octanol–water partition coefficient (Wildman–Crippen LogP) is 1.28. The molecule has 3 aromatic heterocycles. The van der Waals surface area contributed by atoms with Crippen LogP contribution < -0.4 is 5.73 Å². The molecule has 9 heteroatoms. The van der Waals surface area contributed by atoms with E-state index in [1.807, 2.05) is 29.0 Å². The lowest BCUT2D eigenvalue weighted by atomic mass is 10.2. The number of hydrogen-bond acceptors (Lipinski definition) is 8. The van der Waals surface area contributed by atoms with Crippen molar-refractivity contribution in [2.75, 3.05) is 12.3 Å². The molecule has 4 heterocycles. The van der Waals surface area contributed by atoms with Crippen LogP contribution >= 0.6 is 11.3 Å². The fourth-order valence-electron chi connectivity index (χ4n) is 2.92. The molecule has 0 amide bonds. The molecule has 0 radical (unpaired) electrons. The van der Waals surface area contributed by atoms with E-state index >= 15 is 0 Å². The molecule has 0 spiro atoms. The van der Waals surface area contributed by atoms with E-state index in [1.165, 1.54) is 6.33 Å². The van der Waals surface area contributed by atoms with Gasteiger partial charge in [0.15, 0.2) is 17.0 Å². The van der Waals surface area contributed by atoms with E-state index in [0.29, 0.717) is 23.4 Å². The lowest BCUT2D eigenvalue weighted by Crippen LogP contribution is -2.24. The largest absolute Gasteiger partial charge is 0.394 e. The summed E-state index contributed by atoms with van der Waals surface area (Å²) in [6.07, 6.45) is 3.62. The number of nitrogens with zero attached hydrogens (tertiary/aromatic N) is 4. The fourth-order valence-corrected chi connectivity index (χ4v) is 3.55. The molecule has 1 fully saturated rings. The Labute approximate surface area is 147 Å². The molecule has 0 bridgehead atoms. The van der Waals surface area contributed by atoms with Crippen LogP contribution in [0.2, 0.25) is 0 Å². The third-order valence-corrected chi connectivity index (χ3v) is 4.87. The third-order valence-electron chi connectivity index (χ3n) is 4.17. The minimum atomic E-state index is -0.750. The van der Waals surface area contributed by atoms with Gasteiger partial charge in [-0.1, -0.05) is 6.08 Å². The molecule has 4 N–H and O–H groups in total. The standard InChI is InChI=1S/C16H17N5O3S/c17-15-14-16(19-8-18-15)21(13-5-10(23)11(6-22)24-13)12(20-14)2-1-9-3-4-25-7-9/h1-4,7-8,10-11,13,22-23H,5-6H2,(H2,17,18,19)/b2-1+. The van der Waals surface area contributed by atoms with Crippen LogP contribution in [-0.4, -0.2) is 48.5 Å². The van der Waals surface area contributed by atoms with Crippen LogP contribution in [0.4, 0.5) is 5.82 Å². The molecule has 0 aliphatic carbocycles. The van der Waals surface area contributed by atoms with E-state index in [1.54, 1.807) is 15.9 Å². The molecule has 4 rings (SSSR count). The van der Waals surface area contributed by atoms with Gasteiger partial charge < -0.3 is 20.7 Å². The lowest BCUT2D eigenvalue weighted by molar-refractivity contribution is -0.0434. The number of thiophene rings is 1. The number of nitrogen functional groups attached to an aromatic ring is 1. The first-order chi connectivity index (χ1) is 12.2. The van der Waals surface area contributed by atoms with Crippen molar-refractivity contribution in [3.8, 4) is 0 Å². The number of rotatable bonds is 4. The molecule has 0 saturated carbocycles. The first-order valence-corrected chi connectivity index (χ1v) is 8.74. The summed E-state index contributed by atoms with van der Waals surface area (Å²) >= 11 is 1.61.